The summed E-state index contributed by atoms with van der Waals surface area (Å²) in [6.45, 7) is 9.45. The number of rotatable bonds is 3. The highest BCUT2D eigenvalue weighted by Crippen LogP contribution is 2.67. The first kappa shape index (κ1) is 19.5. The quantitative estimate of drug-likeness (QED) is 0.724. The lowest BCUT2D eigenvalue weighted by Crippen LogP contribution is -2.56. The third-order valence-corrected chi connectivity index (χ3v) is 9.39. The van der Waals surface area contributed by atoms with Gasteiger partial charge >= 0.3 is 0 Å². The predicted molar refractivity (Wildman–Crippen MR) is 104 cm³/mol. The molecule has 5 rings (SSSR count). The molecule has 5 unspecified atom stereocenters. The molecule has 28 heavy (non-hydrogen) atoms. The molecule has 0 amide bonds. The molecule has 3 aliphatic carbocycles. The van der Waals surface area contributed by atoms with E-state index in [-0.39, 0.29) is 16.6 Å². The molecule has 5 fully saturated rings. The van der Waals surface area contributed by atoms with Crippen LogP contribution in [0.1, 0.15) is 72.1 Å². The summed E-state index contributed by atoms with van der Waals surface area (Å²) in [6.07, 6.45) is 7.82. The Hall–Kier alpha value is -0.490. The molecule has 0 N–H and O–H groups in total. The van der Waals surface area contributed by atoms with E-state index in [9.17, 15) is 4.79 Å². The fourth-order valence-corrected chi connectivity index (χ4v) is 7.67. The molecule has 158 valence electrons. The summed E-state index contributed by atoms with van der Waals surface area (Å²) in [5.41, 5.74) is -0.161. The first-order valence-corrected chi connectivity index (χ1v) is 11.4. The van der Waals surface area contributed by atoms with Gasteiger partial charge in [0.05, 0.1) is 26.4 Å². The number of carbonyl (C=O) groups is 1. The van der Waals surface area contributed by atoms with Crippen LogP contribution in [-0.2, 0) is 23.7 Å². The minimum atomic E-state index is -0.512. The molecule has 5 nitrogen and oxygen atoms in total. The Morgan fingerprint density at radius 3 is 2.18 bits per heavy atom. The lowest BCUT2D eigenvalue weighted by Gasteiger charge is -2.57. The maximum absolute atomic E-state index is 13.2. The van der Waals surface area contributed by atoms with Crippen molar-refractivity contribution in [2.45, 2.75) is 83.7 Å². The van der Waals surface area contributed by atoms with Crippen LogP contribution in [-0.4, -0.2) is 43.8 Å². The van der Waals surface area contributed by atoms with Crippen LogP contribution in [0.25, 0.3) is 0 Å². The average molecular weight is 393 g/mol. The van der Waals surface area contributed by atoms with Crippen LogP contribution in [0.4, 0.5) is 0 Å². The predicted octanol–water partition coefficient (Wildman–Crippen LogP) is 4.08. The number of hydrogen-bond acceptors (Lipinski definition) is 5. The lowest BCUT2D eigenvalue weighted by molar-refractivity contribution is -0.243. The van der Waals surface area contributed by atoms with E-state index in [4.69, 9.17) is 18.9 Å². The van der Waals surface area contributed by atoms with E-state index in [2.05, 4.69) is 13.8 Å². The standard InChI is InChI=1S/C23H36O5/c1-20(10-11-22(3)25-12-13-26-22)17-6-8-21(2)18(16(17)4-5-19(20)24)7-9-23(21)27-14-15-28-23/h16-18H,4-15H2,1-3H3. The summed E-state index contributed by atoms with van der Waals surface area (Å²) < 4.78 is 24.1. The Morgan fingerprint density at radius 2 is 1.46 bits per heavy atom. The zero-order valence-electron chi connectivity index (χ0n) is 17.8. The highest BCUT2D eigenvalue weighted by Gasteiger charge is 2.67. The van der Waals surface area contributed by atoms with Crippen LogP contribution in [0.3, 0.4) is 0 Å². The third-order valence-electron chi connectivity index (χ3n) is 9.39. The first-order chi connectivity index (χ1) is 13.3. The van der Waals surface area contributed by atoms with Crippen LogP contribution >= 0.6 is 0 Å². The van der Waals surface area contributed by atoms with E-state index in [1.807, 2.05) is 6.92 Å². The molecule has 0 aromatic heterocycles. The molecule has 2 heterocycles. The third kappa shape index (κ3) is 2.62. The van der Waals surface area contributed by atoms with Crippen molar-refractivity contribution in [1.82, 2.24) is 0 Å². The van der Waals surface area contributed by atoms with E-state index >= 15 is 0 Å². The zero-order valence-corrected chi connectivity index (χ0v) is 17.8. The molecule has 0 aromatic carbocycles. The molecule has 0 radical (unpaired) electrons. The molecular weight excluding hydrogens is 356 g/mol. The van der Waals surface area contributed by atoms with Crippen LogP contribution in [0.5, 0.6) is 0 Å². The van der Waals surface area contributed by atoms with E-state index in [1.165, 1.54) is 6.42 Å². The van der Waals surface area contributed by atoms with Crippen LogP contribution in [0.2, 0.25) is 0 Å². The van der Waals surface area contributed by atoms with Crippen molar-refractivity contribution in [2.75, 3.05) is 26.4 Å². The number of Topliss-reactive ketones (excluding diaryl/α,β-unsaturated/α-hetero) is 1. The number of ether oxygens (including phenoxy) is 4. The van der Waals surface area contributed by atoms with Gasteiger partial charge in [0, 0.05) is 30.1 Å². The van der Waals surface area contributed by atoms with Gasteiger partial charge < -0.3 is 18.9 Å². The SMILES string of the molecule is CC1(CCC2(C)C(=O)CCC3C2CCC2(C)C3CCC23OCCO3)OCCO1. The largest absolute Gasteiger partial charge is 0.348 e. The van der Waals surface area contributed by atoms with Gasteiger partial charge in [-0.2, -0.15) is 0 Å². The highest BCUT2D eigenvalue weighted by molar-refractivity contribution is 5.85. The van der Waals surface area contributed by atoms with Gasteiger partial charge in [0.25, 0.3) is 0 Å². The Morgan fingerprint density at radius 1 is 0.821 bits per heavy atom. The number of ketones is 1. The molecule has 0 aromatic rings. The van der Waals surface area contributed by atoms with Crippen molar-refractivity contribution in [1.29, 1.82) is 0 Å². The average Bonchev–Trinajstić information content (AvgIpc) is 3.39. The van der Waals surface area contributed by atoms with Crippen molar-refractivity contribution in [3.63, 3.8) is 0 Å². The summed E-state index contributed by atoms with van der Waals surface area (Å²) >= 11 is 0. The normalized spacial score (nSPS) is 46.7. The Kier molecular flexibility index (Phi) is 4.52. The number of hydrogen-bond donors (Lipinski definition) is 0. The van der Waals surface area contributed by atoms with Gasteiger partial charge in [-0.3, -0.25) is 4.79 Å². The summed E-state index contributed by atoms with van der Waals surface area (Å²) in [5.74, 6) is 1.26. The maximum Gasteiger partial charge on any atom is 0.174 e. The molecule has 2 saturated heterocycles. The van der Waals surface area contributed by atoms with Crippen molar-refractivity contribution in [2.24, 2.45) is 28.6 Å². The molecule has 1 spiro atoms. The summed E-state index contributed by atoms with van der Waals surface area (Å²) in [6, 6.07) is 0. The first-order valence-electron chi connectivity index (χ1n) is 11.4. The van der Waals surface area contributed by atoms with Gasteiger partial charge in [0.15, 0.2) is 11.6 Å². The van der Waals surface area contributed by atoms with Gasteiger partial charge in [-0.25, -0.2) is 0 Å². The topological polar surface area (TPSA) is 54.0 Å². The Labute approximate surface area is 168 Å². The zero-order chi connectivity index (χ0) is 19.6. The second-order valence-corrected chi connectivity index (χ2v) is 10.5. The van der Waals surface area contributed by atoms with Crippen molar-refractivity contribution >= 4 is 5.78 Å². The molecule has 2 aliphatic heterocycles. The lowest BCUT2D eigenvalue weighted by atomic mass is 9.48. The van der Waals surface area contributed by atoms with Gasteiger partial charge in [0.2, 0.25) is 0 Å². The second-order valence-electron chi connectivity index (χ2n) is 10.5. The molecule has 5 aliphatic rings. The van der Waals surface area contributed by atoms with E-state index in [0.717, 1.165) is 58.2 Å². The minimum absolute atomic E-state index is 0.0929. The fraction of sp³-hybridized carbons (Fsp3) is 0.957. The van der Waals surface area contributed by atoms with Gasteiger partial charge in [0.1, 0.15) is 5.78 Å². The Balaban J connectivity index is 1.38. The van der Waals surface area contributed by atoms with Crippen molar-refractivity contribution in [3.8, 4) is 0 Å². The highest BCUT2D eigenvalue weighted by atomic mass is 16.7. The van der Waals surface area contributed by atoms with E-state index in [1.54, 1.807) is 0 Å². The van der Waals surface area contributed by atoms with E-state index in [0.29, 0.717) is 36.8 Å². The minimum Gasteiger partial charge on any atom is -0.348 e. The number of fused-ring (bicyclic) bond motifs is 4. The monoisotopic (exact) mass is 392 g/mol. The van der Waals surface area contributed by atoms with Gasteiger partial charge in [-0.15, -0.1) is 0 Å². The molecule has 0 bridgehead atoms. The molecule has 5 heteroatoms. The molecular formula is C23H36O5. The van der Waals surface area contributed by atoms with Crippen molar-refractivity contribution < 1.29 is 23.7 Å². The summed E-state index contributed by atoms with van der Waals surface area (Å²) in [5, 5.41) is 0. The van der Waals surface area contributed by atoms with E-state index < -0.39 is 5.79 Å². The second kappa shape index (κ2) is 6.50. The maximum atomic E-state index is 13.2. The summed E-state index contributed by atoms with van der Waals surface area (Å²) in [4.78, 5) is 13.2. The smallest absolute Gasteiger partial charge is 0.174 e. The molecule has 3 saturated carbocycles. The van der Waals surface area contributed by atoms with Crippen LogP contribution < -0.4 is 0 Å². The van der Waals surface area contributed by atoms with Gasteiger partial charge in [-0.1, -0.05) is 13.8 Å². The molecule has 5 atom stereocenters. The fourth-order valence-electron chi connectivity index (χ4n) is 7.67. The summed E-state index contributed by atoms with van der Waals surface area (Å²) in [7, 11) is 0. The van der Waals surface area contributed by atoms with Gasteiger partial charge in [-0.05, 0) is 56.8 Å². The van der Waals surface area contributed by atoms with Crippen LogP contribution in [0, 0.1) is 28.6 Å². The number of carbonyl (C=O) groups excluding carboxylic acids is 1. The Bertz CT molecular complexity index is 635. The van der Waals surface area contributed by atoms with Crippen LogP contribution in [0.15, 0.2) is 0 Å². The van der Waals surface area contributed by atoms with Crippen molar-refractivity contribution in [3.05, 3.63) is 0 Å².